The van der Waals surface area contributed by atoms with Gasteiger partial charge in [0.05, 0.1) is 17.3 Å². The zero-order chi connectivity index (χ0) is 15.9. The van der Waals surface area contributed by atoms with Crippen LogP contribution >= 0.6 is 0 Å². The third-order valence-electron chi connectivity index (χ3n) is 4.93. The molecule has 2 aliphatic rings. The highest BCUT2D eigenvalue weighted by Crippen LogP contribution is 2.42. The number of hydrogen-bond donors (Lipinski definition) is 0. The summed E-state index contributed by atoms with van der Waals surface area (Å²) in [6.45, 7) is 2.37. The number of aryl methyl sites for hydroxylation is 1. The second-order valence-electron chi connectivity index (χ2n) is 6.43. The van der Waals surface area contributed by atoms with Crippen LogP contribution in [0.4, 0.5) is 11.6 Å². The number of aromatic nitrogens is 4. The number of anilines is 2. The van der Waals surface area contributed by atoms with Crippen molar-refractivity contribution >= 4 is 17.5 Å². The summed E-state index contributed by atoms with van der Waals surface area (Å²) in [4.78, 5) is 25.8. The van der Waals surface area contributed by atoms with E-state index in [2.05, 4.69) is 20.0 Å². The second kappa shape index (κ2) is 5.33. The molecule has 0 unspecified atom stereocenters. The van der Waals surface area contributed by atoms with Crippen LogP contribution in [0.1, 0.15) is 19.3 Å². The van der Waals surface area contributed by atoms with Gasteiger partial charge in [0.2, 0.25) is 11.9 Å². The fraction of sp³-hybridized carbons (Fsp3) is 0.500. The van der Waals surface area contributed by atoms with E-state index in [1.54, 1.807) is 23.3 Å². The number of carbonyl (C=O) groups is 1. The van der Waals surface area contributed by atoms with Gasteiger partial charge in [0.15, 0.2) is 0 Å². The zero-order valence-electron chi connectivity index (χ0n) is 13.2. The molecule has 1 spiro atoms. The van der Waals surface area contributed by atoms with E-state index in [-0.39, 0.29) is 11.3 Å². The van der Waals surface area contributed by atoms with E-state index in [1.165, 1.54) is 0 Å². The van der Waals surface area contributed by atoms with E-state index in [0.29, 0.717) is 6.54 Å². The molecule has 23 heavy (non-hydrogen) atoms. The summed E-state index contributed by atoms with van der Waals surface area (Å²) in [5, 5.41) is 4.18. The molecule has 7 heteroatoms. The van der Waals surface area contributed by atoms with Gasteiger partial charge < -0.3 is 9.80 Å². The van der Waals surface area contributed by atoms with Crippen molar-refractivity contribution in [2.24, 2.45) is 12.5 Å². The maximum Gasteiger partial charge on any atom is 0.235 e. The standard InChI is InChI=1S/C16H20N6O/c1-20-11-13(10-19-20)22-9-5-16(14(22)23)4-2-8-21(12-16)15-17-6-3-7-18-15/h3,6-7,10-11H,2,4-5,8-9,12H2,1H3/t16-/m0/s1. The predicted molar refractivity (Wildman–Crippen MR) is 86.1 cm³/mol. The highest BCUT2D eigenvalue weighted by atomic mass is 16.2. The first-order valence-corrected chi connectivity index (χ1v) is 8.01. The average molecular weight is 312 g/mol. The molecule has 0 saturated carbocycles. The van der Waals surface area contributed by atoms with Crippen molar-refractivity contribution in [3.05, 3.63) is 30.9 Å². The largest absolute Gasteiger partial charge is 0.340 e. The Bertz CT molecular complexity index is 714. The minimum atomic E-state index is -0.312. The van der Waals surface area contributed by atoms with Gasteiger partial charge in [-0.2, -0.15) is 5.10 Å². The van der Waals surface area contributed by atoms with Crippen LogP contribution in [0.15, 0.2) is 30.9 Å². The van der Waals surface area contributed by atoms with Crippen LogP contribution in [0.2, 0.25) is 0 Å². The van der Waals surface area contributed by atoms with Gasteiger partial charge in [-0.15, -0.1) is 0 Å². The lowest BCUT2D eigenvalue weighted by molar-refractivity contribution is -0.126. The molecule has 2 fully saturated rings. The lowest BCUT2D eigenvalue weighted by Gasteiger charge is -2.38. The number of hydrogen-bond acceptors (Lipinski definition) is 5. The average Bonchev–Trinajstić information content (AvgIpc) is 3.14. The van der Waals surface area contributed by atoms with Crippen LogP contribution < -0.4 is 9.80 Å². The molecule has 4 rings (SSSR count). The maximum atomic E-state index is 13.1. The number of carbonyl (C=O) groups excluding carboxylic acids is 1. The highest BCUT2D eigenvalue weighted by Gasteiger charge is 2.49. The van der Waals surface area contributed by atoms with Crippen molar-refractivity contribution in [2.45, 2.75) is 19.3 Å². The molecule has 2 aromatic rings. The smallest absolute Gasteiger partial charge is 0.235 e. The van der Waals surface area contributed by atoms with Gasteiger partial charge in [-0.3, -0.25) is 9.48 Å². The number of piperidine rings is 1. The van der Waals surface area contributed by atoms with Crippen molar-refractivity contribution in [2.75, 3.05) is 29.4 Å². The molecular formula is C16H20N6O. The highest BCUT2D eigenvalue weighted by molar-refractivity contribution is 6.00. The fourth-order valence-electron chi connectivity index (χ4n) is 3.75. The Morgan fingerprint density at radius 3 is 2.74 bits per heavy atom. The molecule has 0 N–H and O–H groups in total. The molecule has 0 bridgehead atoms. The number of rotatable bonds is 2. The molecule has 120 valence electrons. The van der Waals surface area contributed by atoms with Crippen LogP contribution in [0.5, 0.6) is 0 Å². The minimum Gasteiger partial charge on any atom is -0.340 e. The van der Waals surface area contributed by atoms with Crippen molar-refractivity contribution in [3.8, 4) is 0 Å². The molecule has 7 nitrogen and oxygen atoms in total. The van der Waals surface area contributed by atoms with Crippen molar-refractivity contribution in [3.63, 3.8) is 0 Å². The summed E-state index contributed by atoms with van der Waals surface area (Å²) < 4.78 is 1.73. The fourth-order valence-corrected chi connectivity index (χ4v) is 3.75. The SMILES string of the molecule is Cn1cc(N2CC[C@]3(CCCN(c4ncccn4)C3)C2=O)cn1. The molecule has 0 aliphatic carbocycles. The Morgan fingerprint density at radius 2 is 2.00 bits per heavy atom. The Kier molecular flexibility index (Phi) is 3.28. The molecule has 0 radical (unpaired) electrons. The van der Waals surface area contributed by atoms with Gasteiger partial charge in [0.1, 0.15) is 0 Å². The van der Waals surface area contributed by atoms with E-state index in [0.717, 1.165) is 44.0 Å². The van der Waals surface area contributed by atoms with Gasteiger partial charge in [-0.25, -0.2) is 9.97 Å². The van der Waals surface area contributed by atoms with E-state index < -0.39 is 0 Å². The van der Waals surface area contributed by atoms with E-state index in [9.17, 15) is 4.79 Å². The molecular weight excluding hydrogens is 292 g/mol. The first kappa shape index (κ1) is 14.2. The topological polar surface area (TPSA) is 67.2 Å². The molecule has 1 atom stereocenters. The maximum absolute atomic E-state index is 13.1. The first-order valence-electron chi connectivity index (χ1n) is 8.01. The summed E-state index contributed by atoms with van der Waals surface area (Å²) in [7, 11) is 1.87. The summed E-state index contributed by atoms with van der Waals surface area (Å²) in [6.07, 6.45) is 9.97. The van der Waals surface area contributed by atoms with Crippen LogP contribution in [-0.2, 0) is 11.8 Å². The number of amides is 1. The normalized spacial score (nSPS) is 24.7. The molecule has 2 saturated heterocycles. The molecule has 4 heterocycles. The van der Waals surface area contributed by atoms with Crippen molar-refractivity contribution in [1.29, 1.82) is 0 Å². The van der Waals surface area contributed by atoms with Crippen molar-refractivity contribution in [1.82, 2.24) is 19.7 Å². The van der Waals surface area contributed by atoms with E-state index in [1.807, 2.05) is 24.2 Å². The van der Waals surface area contributed by atoms with Crippen LogP contribution in [0.3, 0.4) is 0 Å². The summed E-state index contributed by atoms with van der Waals surface area (Å²) in [5.41, 5.74) is 0.579. The van der Waals surface area contributed by atoms with Gasteiger partial charge in [0.25, 0.3) is 0 Å². The van der Waals surface area contributed by atoms with Gasteiger partial charge in [-0.05, 0) is 25.3 Å². The first-order chi connectivity index (χ1) is 11.2. The minimum absolute atomic E-state index is 0.214. The zero-order valence-corrected chi connectivity index (χ0v) is 13.2. The Labute approximate surface area is 134 Å². The van der Waals surface area contributed by atoms with Crippen molar-refractivity contribution < 1.29 is 4.79 Å². The predicted octanol–water partition coefficient (Wildman–Crippen LogP) is 1.23. The van der Waals surface area contributed by atoms with Gasteiger partial charge >= 0.3 is 0 Å². The molecule has 0 aromatic carbocycles. The third kappa shape index (κ3) is 2.36. The Morgan fingerprint density at radius 1 is 1.17 bits per heavy atom. The quantitative estimate of drug-likeness (QED) is 0.834. The van der Waals surface area contributed by atoms with E-state index in [4.69, 9.17) is 0 Å². The van der Waals surface area contributed by atoms with Crippen LogP contribution in [-0.4, -0.2) is 45.3 Å². The van der Waals surface area contributed by atoms with Crippen LogP contribution in [0.25, 0.3) is 0 Å². The van der Waals surface area contributed by atoms with Crippen LogP contribution in [0, 0.1) is 5.41 Å². The monoisotopic (exact) mass is 312 g/mol. The molecule has 2 aliphatic heterocycles. The number of nitrogens with zero attached hydrogens (tertiary/aromatic N) is 6. The lowest BCUT2D eigenvalue weighted by atomic mass is 9.78. The Hall–Kier alpha value is -2.44. The summed E-state index contributed by atoms with van der Waals surface area (Å²) in [5.74, 6) is 0.935. The summed E-state index contributed by atoms with van der Waals surface area (Å²) in [6, 6.07) is 1.81. The molecule has 2 aromatic heterocycles. The van der Waals surface area contributed by atoms with Gasteiger partial charge in [0, 0.05) is 45.3 Å². The Balaban J connectivity index is 1.57. The lowest BCUT2D eigenvalue weighted by Crippen LogP contribution is -2.48. The van der Waals surface area contributed by atoms with Gasteiger partial charge in [-0.1, -0.05) is 0 Å². The van der Waals surface area contributed by atoms with E-state index >= 15 is 0 Å². The third-order valence-corrected chi connectivity index (χ3v) is 4.93. The summed E-state index contributed by atoms with van der Waals surface area (Å²) >= 11 is 0. The molecule has 1 amide bonds. The second-order valence-corrected chi connectivity index (χ2v) is 6.43.